The van der Waals surface area contributed by atoms with Crippen LogP contribution in [0.5, 0.6) is 0 Å². The maximum absolute atomic E-state index is 13.8. The van der Waals surface area contributed by atoms with Gasteiger partial charge >= 0.3 is 0 Å². The summed E-state index contributed by atoms with van der Waals surface area (Å²) in [6.45, 7) is 6.07. The molecule has 20 heavy (non-hydrogen) atoms. The smallest absolute Gasteiger partial charge is 0.126 e. The first kappa shape index (κ1) is 15.3. The molecule has 112 valence electrons. The fourth-order valence-electron chi connectivity index (χ4n) is 3.40. The fourth-order valence-corrected chi connectivity index (χ4v) is 3.40. The van der Waals surface area contributed by atoms with Crippen LogP contribution < -0.4 is 10.6 Å². The minimum absolute atomic E-state index is 0.151. The zero-order valence-corrected chi connectivity index (χ0v) is 13.1. The summed E-state index contributed by atoms with van der Waals surface area (Å²) in [5, 5.41) is 0. The number of benzene rings is 1. The molecule has 3 atom stereocenters. The van der Waals surface area contributed by atoms with Crippen molar-refractivity contribution in [1.29, 1.82) is 0 Å². The molecule has 2 nitrogen and oxygen atoms in total. The van der Waals surface area contributed by atoms with Gasteiger partial charge in [-0.3, -0.25) is 0 Å². The van der Waals surface area contributed by atoms with Crippen molar-refractivity contribution in [3.63, 3.8) is 0 Å². The molecular formula is C17H27FN2. The summed E-state index contributed by atoms with van der Waals surface area (Å²) >= 11 is 0. The minimum Gasteiger partial charge on any atom is -0.371 e. The standard InChI is InChI=1S/C17H27FN2/c1-11-7-5-6-8-16(11)20(4)17-9-12(2)15(18)10-14(17)13(3)19/h9-11,13,16H,5-8,19H2,1-4H3. The lowest BCUT2D eigenvalue weighted by molar-refractivity contribution is 0.321. The molecule has 1 aliphatic carbocycles. The molecule has 0 saturated heterocycles. The van der Waals surface area contributed by atoms with E-state index in [0.717, 1.165) is 11.3 Å². The quantitative estimate of drug-likeness (QED) is 0.899. The van der Waals surface area contributed by atoms with Gasteiger partial charge < -0.3 is 10.6 Å². The lowest BCUT2D eigenvalue weighted by Gasteiger charge is -2.39. The van der Waals surface area contributed by atoms with Gasteiger partial charge in [-0.2, -0.15) is 0 Å². The molecule has 0 aromatic heterocycles. The highest BCUT2D eigenvalue weighted by atomic mass is 19.1. The van der Waals surface area contributed by atoms with Crippen LogP contribution in [0.4, 0.5) is 10.1 Å². The van der Waals surface area contributed by atoms with Crippen molar-refractivity contribution in [3.8, 4) is 0 Å². The molecule has 3 heteroatoms. The zero-order chi connectivity index (χ0) is 14.9. The van der Waals surface area contributed by atoms with Crippen LogP contribution in [0.2, 0.25) is 0 Å². The van der Waals surface area contributed by atoms with Crippen molar-refractivity contribution >= 4 is 5.69 Å². The molecule has 1 saturated carbocycles. The Morgan fingerprint density at radius 3 is 2.55 bits per heavy atom. The molecule has 0 amide bonds. The van der Waals surface area contributed by atoms with Crippen LogP contribution in [-0.4, -0.2) is 13.1 Å². The van der Waals surface area contributed by atoms with Gasteiger partial charge in [0.15, 0.2) is 0 Å². The molecule has 0 bridgehead atoms. The Hall–Kier alpha value is -1.09. The van der Waals surface area contributed by atoms with Crippen LogP contribution in [-0.2, 0) is 0 Å². The van der Waals surface area contributed by atoms with E-state index in [4.69, 9.17) is 5.73 Å². The molecule has 1 aromatic rings. The topological polar surface area (TPSA) is 29.3 Å². The van der Waals surface area contributed by atoms with Gasteiger partial charge in [-0.15, -0.1) is 0 Å². The highest BCUT2D eigenvalue weighted by Crippen LogP contribution is 2.34. The van der Waals surface area contributed by atoms with Crippen molar-refractivity contribution in [2.75, 3.05) is 11.9 Å². The molecule has 1 aromatic carbocycles. The third kappa shape index (κ3) is 2.98. The predicted molar refractivity (Wildman–Crippen MR) is 83.6 cm³/mol. The molecule has 0 aliphatic heterocycles. The van der Waals surface area contributed by atoms with Gasteiger partial charge in [-0.1, -0.05) is 19.8 Å². The van der Waals surface area contributed by atoms with Crippen molar-refractivity contribution in [2.45, 2.75) is 58.5 Å². The Bertz CT molecular complexity index is 470. The Morgan fingerprint density at radius 2 is 1.95 bits per heavy atom. The van der Waals surface area contributed by atoms with Crippen LogP contribution in [0.3, 0.4) is 0 Å². The van der Waals surface area contributed by atoms with Crippen molar-refractivity contribution < 1.29 is 4.39 Å². The average Bonchev–Trinajstić information content (AvgIpc) is 2.41. The summed E-state index contributed by atoms with van der Waals surface area (Å²) in [7, 11) is 2.13. The van der Waals surface area contributed by atoms with E-state index >= 15 is 0 Å². The predicted octanol–water partition coefficient (Wildman–Crippen LogP) is 4.17. The number of rotatable bonds is 3. The summed E-state index contributed by atoms with van der Waals surface area (Å²) in [6.07, 6.45) is 5.11. The van der Waals surface area contributed by atoms with E-state index < -0.39 is 0 Å². The van der Waals surface area contributed by atoms with E-state index in [2.05, 4.69) is 18.9 Å². The largest absolute Gasteiger partial charge is 0.371 e. The molecule has 0 radical (unpaired) electrons. The van der Waals surface area contributed by atoms with Gasteiger partial charge in [0.1, 0.15) is 5.82 Å². The van der Waals surface area contributed by atoms with E-state index in [0.29, 0.717) is 17.5 Å². The Labute approximate surface area is 122 Å². The zero-order valence-electron chi connectivity index (χ0n) is 13.1. The lowest BCUT2D eigenvalue weighted by Crippen LogP contribution is -2.39. The van der Waals surface area contributed by atoms with Crippen LogP contribution >= 0.6 is 0 Å². The second-order valence-corrected chi connectivity index (χ2v) is 6.39. The number of hydrogen-bond acceptors (Lipinski definition) is 2. The van der Waals surface area contributed by atoms with Crippen LogP contribution in [0.15, 0.2) is 12.1 Å². The Morgan fingerprint density at radius 1 is 1.30 bits per heavy atom. The summed E-state index contributed by atoms with van der Waals surface area (Å²) in [5.74, 6) is 0.520. The third-order valence-electron chi connectivity index (χ3n) is 4.74. The SMILES string of the molecule is Cc1cc(N(C)C2CCCCC2C)c(C(C)N)cc1F. The lowest BCUT2D eigenvalue weighted by atomic mass is 9.84. The van der Waals surface area contributed by atoms with Gasteiger partial charge in [0.2, 0.25) is 0 Å². The van der Waals surface area contributed by atoms with Gasteiger partial charge in [0, 0.05) is 24.8 Å². The number of anilines is 1. The summed E-state index contributed by atoms with van der Waals surface area (Å²) in [5.41, 5.74) is 8.74. The summed E-state index contributed by atoms with van der Waals surface area (Å²) in [4.78, 5) is 2.33. The average molecular weight is 278 g/mol. The van der Waals surface area contributed by atoms with E-state index in [1.54, 1.807) is 6.07 Å². The van der Waals surface area contributed by atoms with Crippen molar-refractivity contribution in [3.05, 3.63) is 29.1 Å². The first-order valence-corrected chi connectivity index (χ1v) is 7.70. The van der Waals surface area contributed by atoms with E-state index in [1.807, 2.05) is 19.9 Å². The second-order valence-electron chi connectivity index (χ2n) is 6.39. The Balaban J connectivity index is 2.37. The van der Waals surface area contributed by atoms with Crippen LogP contribution in [0.1, 0.15) is 56.7 Å². The first-order chi connectivity index (χ1) is 9.41. The summed E-state index contributed by atoms with van der Waals surface area (Å²) in [6, 6.07) is 3.95. The maximum Gasteiger partial charge on any atom is 0.126 e. The molecule has 0 heterocycles. The normalized spacial score (nSPS) is 24.5. The van der Waals surface area contributed by atoms with Gasteiger partial charge in [0.05, 0.1) is 0 Å². The molecule has 3 unspecified atom stereocenters. The molecule has 1 aliphatic rings. The number of halogens is 1. The first-order valence-electron chi connectivity index (χ1n) is 7.70. The van der Waals surface area contributed by atoms with Crippen molar-refractivity contribution in [1.82, 2.24) is 0 Å². The number of nitrogens with two attached hydrogens (primary N) is 1. The minimum atomic E-state index is -0.161. The monoisotopic (exact) mass is 278 g/mol. The highest BCUT2D eigenvalue weighted by molar-refractivity contribution is 5.57. The molecule has 2 N–H and O–H groups in total. The van der Waals surface area contributed by atoms with Gasteiger partial charge in [0.25, 0.3) is 0 Å². The highest BCUT2D eigenvalue weighted by Gasteiger charge is 2.27. The van der Waals surface area contributed by atoms with Crippen LogP contribution in [0.25, 0.3) is 0 Å². The van der Waals surface area contributed by atoms with Gasteiger partial charge in [-0.05, 0) is 55.9 Å². The number of aryl methyl sites for hydroxylation is 1. The van der Waals surface area contributed by atoms with E-state index in [9.17, 15) is 4.39 Å². The Kier molecular flexibility index (Phi) is 4.69. The molecule has 0 spiro atoms. The fraction of sp³-hybridized carbons (Fsp3) is 0.647. The third-order valence-corrected chi connectivity index (χ3v) is 4.74. The number of hydrogen-bond donors (Lipinski definition) is 1. The molecule has 1 fully saturated rings. The second kappa shape index (κ2) is 6.13. The van der Waals surface area contributed by atoms with E-state index in [-0.39, 0.29) is 11.9 Å². The summed E-state index contributed by atoms with van der Waals surface area (Å²) < 4.78 is 13.8. The van der Waals surface area contributed by atoms with Crippen molar-refractivity contribution in [2.24, 2.45) is 11.7 Å². The maximum atomic E-state index is 13.8. The molecular weight excluding hydrogens is 251 g/mol. The van der Waals surface area contributed by atoms with Crippen LogP contribution in [0, 0.1) is 18.7 Å². The van der Waals surface area contributed by atoms with Gasteiger partial charge in [-0.25, -0.2) is 4.39 Å². The molecule has 2 rings (SSSR count). The van der Waals surface area contributed by atoms with E-state index in [1.165, 1.54) is 25.7 Å². The number of nitrogens with zero attached hydrogens (tertiary/aromatic N) is 1.